The van der Waals surface area contributed by atoms with Crippen LogP contribution in [0.5, 0.6) is 0 Å². The van der Waals surface area contributed by atoms with Gasteiger partial charge in [0.15, 0.2) is 0 Å². The van der Waals surface area contributed by atoms with Crippen molar-refractivity contribution in [1.82, 2.24) is 5.32 Å². The molecule has 0 unspecified atom stereocenters. The van der Waals surface area contributed by atoms with Crippen molar-refractivity contribution in [2.45, 2.75) is 64.2 Å². The van der Waals surface area contributed by atoms with Gasteiger partial charge in [0.2, 0.25) is 0 Å². The quantitative estimate of drug-likeness (QED) is 0.679. The van der Waals surface area contributed by atoms with E-state index in [4.69, 9.17) is 4.74 Å². The lowest BCUT2D eigenvalue weighted by Crippen LogP contribution is -2.50. The van der Waals surface area contributed by atoms with E-state index in [1.807, 2.05) is 20.8 Å². The van der Waals surface area contributed by atoms with Crippen LogP contribution in [0.1, 0.15) is 46.5 Å². The molecule has 0 aromatic carbocycles. The molecule has 0 saturated heterocycles. The summed E-state index contributed by atoms with van der Waals surface area (Å²) in [6.45, 7) is 7.63. The van der Waals surface area contributed by atoms with Crippen LogP contribution in [-0.2, 0) is 4.74 Å². The van der Waals surface area contributed by atoms with Crippen molar-refractivity contribution in [1.29, 1.82) is 0 Å². The summed E-state index contributed by atoms with van der Waals surface area (Å²) in [7, 11) is 0. The Kier molecular flexibility index (Phi) is 5.03. The van der Waals surface area contributed by atoms with Crippen molar-refractivity contribution in [3.8, 4) is 0 Å². The Labute approximate surface area is 93.2 Å². The third-order valence-electron chi connectivity index (χ3n) is 3.53. The van der Waals surface area contributed by atoms with E-state index in [0.717, 1.165) is 32.3 Å². The Bertz CT molecular complexity index is 174. The van der Waals surface area contributed by atoms with E-state index in [9.17, 15) is 5.11 Å². The molecular weight excluding hydrogens is 190 g/mol. The maximum absolute atomic E-state index is 10.1. The van der Waals surface area contributed by atoms with Crippen molar-refractivity contribution in [3.63, 3.8) is 0 Å². The molecule has 1 aliphatic carbocycles. The SMILES string of the molecule is CCOC1CC(NCC(O)(CC)CC)C1. The normalized spacial score (nSPS) is 26.4. The first-order chi connectivity index (χ1) is 7.13. The van der Waals surface area contributed by atoms with Crippen molar-refractivity contribution in [2.24, 2.45) is 0 Å². The van der Waals surface area contributed by atoms with Gasteiger partial charge in [0.1, 0.15) is 0 Å². The molecule has 1 rings (SSSR count). The molecule has 3 heteroatoms. The summed E-state index contributed by atoms with van der Waals surface area (Å²) in [5, 5.41) is 13.5. The second-order valence-corrected chi connectivity index (χ2v) is 4.56. The Hall–Kier alpha value is -0.120. The first-order valence-electron chi connectivity index (χ1n) is 6.21. The van der Waals surface area contributed by atoms with Gasteiger partial charge in [-0.3, -0.25) is 0 Å². The van der Waals surface area contributed by atoms with Gasteiger partial charge >= 0.3 is 0 Å². The zero-order valence-electron chi connectivity index (χ0n) is 10.3. The average Bonchev–Trinajstić information content (AvgIpc) is 2.21. The molecule has 0 aliphatic heterocycles. The van der Waals surface area contributed by atoms with E-state index < -0.39 is 5.60 Å². The maximum atomic E-state index is 10.1. The van der Waals surface area contributed by atoms with Crippen molar-refractivity contribution in [3.05, 3.63) is 0 Å². The lowest BCUT2D eigenvalue weighted by Gasteiger charge is -2.38. The molecule has 2 N–H and O–H groups in total. The third kappa shape index (κ3) is 3.74. The summed E-state index contributed by atoms with van der Waals surface area (Å²) >= 11 is 0. The second kappa shape index (κ2) is 5.83. The summed E-state index contributed by atoms with van der Waals surface area (Å²) in [5.74, 6) is 0. The molecule has 0 spiro atoms. The topological polar surface area (TPSA) is 41.5 Å². The summed E-state index contributed by atoms with van der Waals surface area (Å²) in [6.07, 6.45) is 4.27. The zero-order chi connectivity index (χ0) is 11.3. The molecule has 0 radical (unpaired) electrons. The summed E-state index contributed by atoms with van der Waals surface area (Å²) in [5.41, 5.74) is -0.517. The van der Waals surface area contributed by atoms with Gasteiger partial charge in [-0.2, -0.15) is 0 Å². The highest BCUT2D eigenvalue weighted by atomic mass is 16.5. The molecule has 0 aromatic heterocycles. The average molecular weight is 215 g/mol. The summed E-state index contributed by atoms with van der Waals surface area (Å²) in [6, 6.07) is 0.547. The monoisotopic (exact) mass is 215 g/mol. The van der Waals surface area contributed by atoms with Crippen LogP contribution in [-0.4, -0.2) is 36.0 Å². The predicted molar refractivity (Wildman–Crippen MR) is 62.0 cm³/mol. The van der Waals surface area contributed by atoms with Gasteiger partial charge in [0, 0.05) is 19.2 Å². The number of aliphatic hydroxyl groups is 1. The Balaban J connectivity index is 2.12. The predicted octanol–water partition coefficient (Wildman–Crippen LogP) is 1.69. The number of hydrogen-bond donors (Lipinski definition) is 2. The number of ether oxygens (including phenoxy) is 1. The molecular formula is C12H25NO2. The van der Waals surface area contributed by atoms with Crippen LogP contribution in [0, 0.1) is 0 Å². The first kappa shape index (κ1) is 12.9. The minimum atomic E-state index is -0.517. The fourth-order valence-corrected chi connectivity index (χ4v) is 1.94. The molecule has 0 amide bonds. The highest BCUT2D eigenvalue weighted by Crippen LogP contribution is 2.24. The highest BCUT2D eigenvalue weighted by molar-refractivity contribution is 4.89. The zero-order valence-corrected chi connectivity index (χ0v) is 10.3. The molecule has 3 nitrogen and oxygen atoms in total. The second-order valence-electron chi connectivity index (χ2n) is 4.56. The van der Waals surface area contributed by atoms with Gasteiger partial charge in [-0.1, -0.05) is 13.8 Å². The van der Waals surface area contributed by atoms with Gasteiger partial charge in [-0.15, -0.1) is 0 Å². The molecule has 0 aromatic rings. The van der Waals surface area contributed by atoms with Gasteiger partial charge < -0.3 is 15.2 Å². The van der Waals surface area contributed by atoms with Gasteiger partial charge in [-0.25, -0.2) is 0 Å². The smallest absolute Gasteiger partial charge is 0.0766 e. The minimum Gasteiger partial charge on any atom is -0.389 e. The molecule has 0 heterocycles. The fraction of sp³-hybridized carbons (Fsp3) is 1.00. The first-order valence-corrected chi connectivity index (χ1v) is 6.21. The largest absolute Gasteiger partial charge is 0.389 e. The van der Waals surface area contributed by atoms with Gasteiger partial charge in [0.05, 0.1) is 11.7 Å². The minimum absolute atomic E-state index is 0.448. The van der Waals surface area contributed by atoms with Crippen LogP contribution in [0.2, 0.25) is 0 Å². The molecule has 90 valence electrons. The Morgan fingerprint density at radius 1 is 1.27 bits per heavy atom. The molecule has 1 fully saturated rings. The molecule has 0 bridgehead atoms. The van der Waals surface area contributed by atoms with Crippen LogP contribution in [0.15, 0.2) is 0 Å². The van der Waals surface area contributed by atoms with E-state index in [1.54, 1.807) is 0 Å². The van der Waals surface area contributed by atoms with Gasteiger partial charge in [-0.05, 0) is 32.6 Å². The lowest BCUT2D eigenvalue weighted by molar-refractivity contribution is -0.0223. The van der Waals surface area contributed by atoms with E-state index in [-0.39, 0.29) is 0 Å². The summed E-state index contributed by atoms with van der Waals surface area (Å²) in [4.78, 5) is 0. The van der Waals surface area contributed by atoms with E-state index in [0.29, 0.717) is 18.7 Å². The van der Waals surface area contributed by atoms with Gasteiger partial charge in [0.25, 0.3) is 0 Å². The summed E-state index contributed by atoms with van der Waals surface area (Å²) < 4.78 is 5.49. The molecule has 1 saturated carbocycles. The lowest BCUT2D eigenvalue weighted by atomic mass is 9.88. The third-order valence-corrected chi connectivity index (χ3v) is 3.53. The van der Waals surface area contributed by atoms with E-state index in [2.05, 4.69) is 5.32 Å². The van der Waals surface area contributed by atoms with Crippen LogP contribution >= 0.6 is 0 Å². The fourth-order valence-electron chi connectivity index (χ4n) is 1.94. The maximum Gasteiger partial charge on any atom is 0.0766 e. The number of hydrogen-bond acceptors (Lipinski definition) is 3. The van der Waals surface area contributed by atoms with Crippen LogP contribution in [0.4, 0.5) is 0 Å². The van der Waals surface area contributed by atoms with Crippen molar-refractivity contribution < 1.29 is 9.84 Å². The van der Waals surface area contributed by atoms with Crippen LogP contribution in [0.25, 0.3) is 0 Å². The molecule has 1 aliphatic rings. The van der Waals surface area contributed by atoms with E-state index >= 15 is 0 Å². The molecule has 0 atom stereocenters. The van der Waals surface area contributed by atoms with Crippen LogP contribution < -0.4 is 5.32 Å². The Morgan fingerprint density at radius 2 is 1.87 bits per heavy atom. The molecule has 15 heavy (non-hydrogen) atoms. The highest BCUT2D eigenvalue weighted by Gasteiger charge is 2.31. The van der Waals surface area contributed by atoms with E-state index in [1.165, 1.54) is 0 Å². The Morgan fingerprint density at radius 3 is 2.33 bits per heavy atom. The standard InChI is InChI=1S/C12H25NO2/c1-4-12(14,5-2)9-13-10-7-11(8-10)15-6-3/h10-11,13-14H,4-9H2,1-3H3. The van der Waals surface area contributed by atoms with Crippen molar-refractivity contribution in [2.75, 3.05) is 13.2 Å². The number of rotatable bonds is 7. The van der Waals surface area contributed by atoms with Crippen molar-refractivity contribution >= 4 is 0 Å². The number of nitrogens with one attached hydrogen (secondary N) is 1. The van der Waals surface area contributed by atoms with Crippen LogP contribution in [0.3, 0.4) is 0 Å².